The predicted molar refractivity (Wildman–Crippen MR) is 87.9 cm³/mol. The van der Waals surface area contributed by atoms with E-state index >= 15 is 0 Å². The van der Waals surface area contributed by atoms with Crippen LogP contribution in [0.3, 0.4) is 0 Å². The summed E-state index contributed by atoms with van der Waals surface area (Å²) in [6, 6.07) is 12.3. The summed E-state index contributed by atoms with van der Waals surface area (Å²) in [7, 11) is 0. The standard InChI is InChI=1S/C17H14N2OS/c1-9-6-7-12-13(8-9)21-16-15(18-12)11-5-3-4-10(2)14(11)19-17(16)20/h3-8,18H,1-2H3,(H,19,20). The molecule has 0 fully saturated rings. The van der Waals surface area contributed by atoms with Crippen molar-refractivity contribution in [3.63, 3.8) is 0 Å². The van der Waals surface area contributed by atoms with Crippen molar-refractivity contribution in [1.82, 2.24) is 4.98 Å². The zero-order valence-corrected chi connectivity index (χ0v) is 12.6. The number of H-pyrrole nitrogens is 1. The first-order valence-corrected chi connectivity index (χ1v) is 7.66. The highest BCUT2D eigenvalue weighted by Crippen LogP contribution is 2.45. The van der Waals surface area contributed by atoms with Gasteiger partial charge in [-0.25, -0.2) is 0 Å². The number of para-hydroxylation sites is 1. The SMILES string of the molecule is Cc1ccc2c(c1)Sc1c(c3cccc(C)c3[nH]c1=O)N2. The monoisotopic (exact) mass is 294 g/mol. The maximum Gasteiger partial charge on any atom is 0.264 e. The second kappa shape index (κ2) is 4.40. The summed E-state index contributed by atoms with van der Waals surface area (Å²) in [6.07, 6.45) is 0. The minimum Gasteiger partial charge on any atom is -0.353 e. The molecule has 21 heavy (non-hydrogen) atoms. The van der Waals surface area contributed by atoms with Crippen LogP contribution in [0, 0.1) is 13.8 Å². The fourth-order valence-corrected chi connectivity index (χ4v) is 3.83. The summed E-state index contributed by atoms with van der Waals surface area (Å²) < 4.78 is 0. The van der Waals surface area contributed by atoms with Crippen LogP contribution in [0.15, 0.2) is 51.0 Å². The van der Waals surface area contributed by atoms with Crippen molar-refractivity contribution in [2.24, 2.45) is 0 Å². The van der Waals surface area contributed by atoms with Crippen molar-refractivity contribution in [1.29, 1.82) is 0 Å². The number of aromatic amines is 1. The Balaban J connectivity index is 2.03. The van der Waals surface area contributed by atoms with Crippen molar-refractivity contribution >= 4 is 34.0 Å². The van der Waals surface area contributed by atoms with E-state index < -0.39 is 0 Å². The molecule has 0 atom stereocenters. The Kier molecular flexibility index (Phi) is 2.62. The summed E-state index contributed by atoms with van der Waals surface area (Å²) in [6.45, 7) is 4.07. The smallest absolute Gasteiger partial charge is 0.264 e. The first-order valence-electron chi connectivity index (χ1n) is 6.84. The zero-order chi connectivity index (χ0) is 14.6. The lowest BCUT2D eigenvalue weighted by atomic mass is 10.1. The van der Waals surface area contributed by atoms with Gasteiger partial charge in [0, 0.05) is 10.3 Å². The molecule has 104 valence electrons. The number of nitrogens with one attached hydrogen (secondary N) is 2. The van der Waals surface area contributed by atoms with E-state index in [1.165, 1.54) is 17.3 Å². The molecule has 0 spiro atoms. The minimum atomic E-state index is -0.0311. The Morgan fingerprint density at radius 1 is 1.10 bits per heavy atom. The largest absolute Gasteiger partial charge is 0.353 e. The number of fused-ring (bicyclic) bond motifs is 4. The van der Waals surface area contributed by atoms with Crippen LogP contribution >= 0.6 is 11.8 Å². The molecule has 0 aliphatic carbocycles. The lowest BCUT2D eigenvalue weighted by Crippen LogP contribution is -2.15. The van der Waals surface area contributed by atoms with E-state index in [1.54, 1.807) is 0 Å². The van der Waals surface area contributed by atoms with Crippen LogP contribution in [-0.2, 0) is 0 Å². The molecule has 2 heterocycles. The van der Waals surface area contributed by atoms with Crippen molar-refractivity contribution < 1.29 is 0 Å². The molecular weight excluding hydrogens is 280 g/mol. The average molecular weight is 294 g/mol. The van der Waals surface area contributed by atoms with Crippen molar-refractivity contribution in [2.75, 3.05) is 5.32 Å². The molecule has 0 bridgehead atoms. The van der Waals surface area contributed by atoms with E-state index in [0.29, 0.717) is 0 Å². The van der Waals surface area contributed by atoms with E-state index in [0.717, 1.165) is 37.6 Å². The molecule has 2 aromatic carbocycles. The van der Waals surface area contributed by atoms with Gasteiger partial charge in [-0.2, -0.15) is 0 Å². The van der Waals surface area contributed by atoms with Gasteiger partial charge in [0.1, 0.15) is 4.90 Å². The fraction of sp³-hybridized carbons (Fsp3) is 0.118. The molecule has 0 radical (unpaired) electrons. The number of hydrogen-bond donors (Lipinski definition) is 2. The van der Waals surface area contributed by atoms with Gasteiger partial charge in [0.25, 0.3) is 5.56 Å². The normalized spacial score (nSPS) is 12.7. The van der Waals surface area contributed by atoms with Gasteiger partial charge in [-0.1, -0.05) is 36.0 Å². The summed E-state index contributed by atoms with van der Waals surface area (Å²) in [5.74, 6) is 0. The van der Waals surface area contributed by atoms with Crippen molar-refractivity contribution in [3.8, 4) is 0 Å². The van der Waals surface area contributed by atoms with Crippen LogP contribution in [0.1, 0.15) is 11.1 Å². The van der Waals surface area contributed by atoms with E-state index in [1.807, 2.05) is 25.1 Å². The summed E-state index contributed by atoms with van der Waals surface area (Å²) in [5.41, 5.74) is 5.13. The Labute approximate surface area is 126 Å². The number of hydrogen-bond acceptors (Lipinski definition) is 3. The molecule has 1 aromatic heterocycles. The van der Waals surface area contributed by atoms with Gasteiger partial charge in [-0.05, 0) is 37.1 Å². The third-order valence-electron chi connectivity index (χ3n) is 3.82. The van der Waals surface area contributed by atoms with Crippen LogP contribution in [0.5, 0.6) is 0 Å². The van der Waals surface area contributed by atoms with E-state index in [4.69, 9.17) is 0 Å². The van der Waals surface area contributed by atoms with Gasteiger partial charge >= 0.3 is 0 Å². The van der Waals surface area contributed by atoms with Crippen molar-refractivity contribution in [3.05, 3.63) is 57.9 Å². The van der Waals surface area contributed by atoms with Crippen molar-refractivity contribution in [2.45, 2.75) is 23.6 Å². The van der Waals surface area contributed by atoms with Crippen LogP contribution in [0.25, 0.3) is 10.9 Å². The highest BCUT2D eigenvalue weighted by atomic mass is 32.2. The molecule has 1 aliphatic heterocycles. The topological polar surface area (TPSA) is 44.9 Å². The molecule has 0 unspecified atom stereocenters. The Bertz CT molecular complexity index is 943. The third kappa shape index (κ3) is 1.87. The number of rotatable bonds is 0. The number of aryl methyl sites for hydroxylation is 2. The molecule has 2 N–H and O–H groups in total. The van der Waals surface area contributed by atoms with Crippen LogP contribution in [0.2, 0.25) is 0 Å². The van der Waals surface area contributed by atoms with Gasteiger partial charge in [0.2, 0.25) is 0 Å². The van der Waals surface area contributed by atoms with Gasteiger partial charge in [0.15, 0.2) is 0 Å². The zero-order valence-electron chi connectivity index (χ0n) is 11.8. The lowest BCUT2D eigenvalue weighted by Gasteiger charge is -2.22. The maximum atomic E-state index is 12.4. The second-order valence-electron chi connectivity index (χ2n) is 5.38. The minimum absolute atomic E-state index is 0.0311. The first-order chi connectivity index (χ1) is 10.1. The first kappa shape index (κ1) is 12.5. The average Bonchev–Trinajstić information content (AvgIpc) is 2.47. The number of anilines is 2. The second-order valence-corrected chi connectivity index (χ2v) is 6.43. The number of benzene rings is 2. The van der Waals surface area contributed by atoms with Gasteiger partial charge in [-0.3, -0.25) is 4.79 Å². The molecular formula is C17H14N2OS. The van der Waals surface area contributed by atoms with Crippen LogP contribution in [-0.4, -0.2) is 4.98 Å². The van der Waals surface area contributed by atoms with E-state index in [-0.39, 0.29) is 5.56 Å². The molecule has 0 amide bonds. The van der Waals surface area contributed by atoms with Crippen LogP contribution in [0.4, 0.5) is 11.4 Å². The molecule has 4 rings (SSSR count). The van der Waals surface area contributed by atoms with E-state index in [2.05, 4.69) is 35.4 Å². The Morgan fingerprint density at radius 3 is 2.81 bits per heavy atom. The highest BCUT2D eigenvalue weighted by molar-refractivity contribution is 7.99. The molecule has 3 nitrogen and oxygen atoms in total. The quantitative estimate of drug-likeness (QED) is 0.506. The molecule has 1 aliphatic rings. The molecule has 0 saturated carbocycles. The molecule has 4 heteroatoms. The van der Waals surface area contributed by atoms with E-state index in [9.17, 15) is 4.79 Å². The van der Waals surface area contributed by atoms with Crippen LogP contribution < -0.4 is 10.9 Å². The Hall–Kier alpha value is -2.20. The summed E-state index contributed by atoms with van der Waals surface area (Å²) in [5, 5.41) is 4.50. The Morgan fingerprint density at radius 2 is 1.95 bits per heavy atom. The van der Waals surface area contributed by atoms with Gasteiger partial charge < -0.3 is 10.3 Å². The van der Waals surface area contributed by atoms with Gasteiger partial charge in [-0.15, -0.1) is 0 Å². The predicted octanol–water partition coefficient (Wildman–Crippen LogP) is 4.35. The maximum absolute atomic E-state index is 12.4. The van der Waals surface area contributed by atoms with Gasteiger partial charge in [0.05, 0.1) is 16.9 Å². The highest BCUT2D eigenvalue weighted by Gasteiger charge is 2.21. The summed E-state index contributed by atoms with van der Waals surface area (Å²) in [4.78, 5) is 17.3. The lowest BCUT2D eigenvalue weighted by molar-refractivity contribution is 1.17. The molecule has 3 aromatic rings. The number of pyridine rings is 1. The molecule has 0 saturated heterocycles. The fourth-order valence-electron chi connectivity index (χ4n) is 2.73. The number of aromatic nitrogens is 1. The summed E-state index contributed by atoms with van der Waals surface area (Å²) >= 11 is 1.54. The third-order valence-corrected chi connectivity index (χ3v) is 4.97.